The van der Waals surface area contributed by atoms with Gasteiger partial charge >= 0.3 is 47.7 Å². The molecule has 0 unspecified atom stereocenters. The second-order valence-corrected chi connectivity index (χ2v) is 33.4. The van der Waals surface area contributed by atoms with E-state index in [-0.39, 0.29) is 90.2 Å². The number of aliphatic hydroxyl groups excluding tert-OH is 4. The van der Waals surface area contributed by atoms with Gasteiger partial charge in [-0.2, -0.15) is 0 Å². The van der Waals surface area contributed by atoms with Gasteiger partial charge in [-0.15, -0.1) is 40.9 Å². The molecule has 4 aliphatic heterocycles. The summed E-state index contributed by atoms with van der Waals surface area (Å²) in [5.41, 5.74) is 0.213. The van der Waals surface area contributed by atoms with Gasteiger partial charge in [0.1, 0.15) is 0 Å². The first-order valence-corrected chi connectivity index (χ1v) is 40.5. The number of benzene rings is 4. The monoisotopic (exact) mass is 1790 g/mol. The molecule has 8 aliphatic rings. The number of para-hydroxylation sites is 4. The molecule has 4 fully saturated rings. The summed E-state index contributed by atoms with van der Waals surface area (Å²) in [6, 6.07) is 36.1. The molecule has 4 aromatic carbocycles. The molecule has 660 valence electrons. The second-order valence-electron chi connectivity index (χ2n) is 33.4. The Hall–Kier alpha value is -12.5. The molecule has 0 saturated heterocycles. The van der Waals surface area contributed by atoms with Gasteiger partial charge in [-0.05, 0) is 162 Å². The van der Waals surface area contributed by atoms with Crippen LogP contribution in [0.25, 0.3) is 22.7 Å². The first-order valence-electron chi connectivity index (χ1n) is 40.5. The van der Waals surface area contributed by atoms with E-state index < -0.39 is 116 Å². The van der Waals surface area contributed by atoms with Crippen LogP contribution in [0.1, 0.15) is 153 Å². The van der Waals surface area contributed by atoms with Crippen LogP contribution in [-0.2, 0) is 118 Å². The summed E-state index contributed by atoms with van der Waals surface area (Å²) < 4.78 is 58.8. The number of rotatable bonds is 16. The average molecular weight is 1790 g/mol. The Morgan fingerprint density at radius 2 is 0.460 bits per heavy atom. The number of hydrogen-bond donors (Lipinski definition) is 4. The molecule has 0 radical (unpaired) electrons. The maximum absolute atomic E-state index is 13.3. The number of carbonyl (C=O) groups excluding carboxylic acids is 4. The molecule has 4 aromatic heterocycles. The largest absolute Gasteiger partial charge is 0.479 e. The molecule has 124 heavy (non-hydrogen) atoms. The average Bonchev–Trinajstić information content (AvgIpc) is 1.26. The van der Waals surface area contributed by atoms with Crippen LogP contribution in [0.2, 0.25) is 0 Å². The van der Waals surface area contributed by atoms with Crippen LogP contribution in [0.4, 0.5) is 22.7 Å². The number of ether oxygens (including phenoxy) is 8. The zero-order valence-corrected chi connectivity index (χ0v) is 72.3. The summed E-state index contributed by atoms with van der Waals surface area (Å²) in [6.07, 6.45) is 7.71. The number of carbonyl (C=O) groups is 4. The Morgan fingerprint density at radius 1 is 0.290 bits per heavy atom. The molecule has 8 aromatic rings. The number of esters is 4. The maximum Gasteiger partial charge on any atom is 0.369 e. The van der Waals surface area contributed by atoms with Gasteiger partial charge in [0.2, 0.25) is 0 Å². The minimum atomic E-state index is -1.37. The summed E-state index contributed by atoms with van der Waals surface area (Å²) in [6.45, 7) is 15.6. The third-order valence-corrected chi connectivity index (χ3v) is 26.1. The van der Waals surface area contributed by atoms with Crippen molar-refractivity contribution in [2.75, 3.05) is 0 Å². The molecule has 38 heteroatoms. The summed E-state index contributed by atoms with van der Waals surface area (Å²) in [7, 11) is 6.83. The van der Waals surface area contributed by atoms with Crippen LogP contribution < -0.4 is 22.2 Å². The van der Waals surface area contributed by atoms with Gasteiger partial charge in [0.05, 0.1) is 45.5 Å². The first-order chi connectivity index (χ1) is 58.1. The predicted molar refractivity (Wildman–Crippen MR) is 435 cm³/mol. The predicted octanol–water partition coefficient (Wildman–Crippen LogP) is 15.1. The van der Waals surface area contributed by atoms with Crippen molar-refractivity contribution in [2.24, 2.45) is 104 Å². The summed E-state index contributed by atoms with van der Waals surface area (Å²) in [5.74, 6) is -11.1. The van der Waals surface area contributed by atoms with Crippen molar-refractivity contribution in [1.82, 2.24) is 37.5 Å². The third kappa shape index (κ3) is 16.5. The Morgan fingerprint density at radius 3 is 0.621 bits per heavy atom. The zero-order chi connectivity index (χ0) is 86.9. The van der Waals surface area contributed by atoms with Gasteiger partial charge in [-0.1, -0.05) is 100 Å². The summed E-state index contributed by atoms with van der Waals surface area (Å²) in [5, 5.41) is 75.4. The fourth-order valence-electron chi connectivity index (χ4n) is 18.3. The third-order valence-electron chi connectivity index (χ3n) is 26.1. The molecule has 0 amide bonds. The summed E-state index contributed by atoms with van der Waals surface area (Å²) in [4.78, 5) is 106. The van der Waals surface area contributed by atoms with E-state index in [1.54, 1.807) is 123 Å². The Balaban J connectivity index is 0.000000210. The van der Waals surface area contributed by atoms with Crippen LogP contribution >= 0.6 is 0 Å². The fourth-order valence-corrected chi connectivity index (χ4v) is 18.3. The minimum absolute atomic E-state index is 0. The number of nitrogens with zero attached hydrogens (tertiary/aromatic N) is 16. The van der Waals surface area contributed by atoms with Crippen LogP contribution in [0.15, 0.2) is 228 Å². The van der Waals surface area contributed by atoms with Crippen LogP contribution in [0.5, 0.6) is 0 Å². The Bertz CT molecular complexity index is 5280. The topological polar surface area (TPSA) is 430 Å². The quantitative estimate of drug-likeness (QED) is 0.0302. The van der Waals surface area contributed by atoms with Crippen molar-refractivity contribution in [3.05, 3.63) is 232 Å². The van der Waals surface area contributed by atoms with Crippen LogP contribution in [0.3, 0.4) is 0 Å². The molecule has 4 saturated carbocycles. The van der Waals surface area contributed by atoms with Gasteiger partial charge in [-0.25, -0.2) is 37.9 Å². The number of aliphatic hydroxyl groups is 4. The first kappa shape index (κ1) is 89.3. The maximum atomic E-state index is 13.3. The molecule has 16 rings (SSSR count). The normalized spacial score (nSPS) is 24.4. The number of azo groups is 4. The molecule has 36 nitrogen and oxygen atoms in total. The molecular weight excluding hydrogens is 1690 g/mol. The van der Waals surface area contributed by atoms with Crippen molar-refractivity contribution in [2.45, 2.75) is 181 Å². The van der Waals surface area contributed by atoms with Crippen LogP contribution in [-0.4, -0.2) is 105 Å². The van der Waals surface area contributed by atoms with E-state index in [0.717, 1.165) is 0 Å². The molecule has 0 bridgehead atoms. The van der Waals surface area contributed by atoms with E-state index in [0.29, 0.717) is 148 Å². The minimum Gasteiger partial charge on any atom is -0.479 e. The number of hydrogen-bond acceptors (Lipinski definition) is 28. The van der Waals surface area contributed by atoms with E-state index in [1.165, 1.54) is 18.7 Å². The van der Waals surface area contributed by atoms with Gasteiger partial charge in [-0.3, -0.25) is 37.9 Å². The van der Waals surface area contributed by atoms with Crippen LogP contribution in [0, 0.1) is 62.2 Å². The molecular formula is C86H96N16Ni2O20. The standard InChI is InChI=1S/2C43H48N8O10.2Ni/c2*1-25-31(35(52)50(48(25)5)29-13-9-7-10-14-29)44-46-33-37(54)58-42(59-38(33)55)21-17-27(18-22-42)41(3,4)28-19-23-43(24-20-28)60-39(56)34(40(57)61-43)47-45-32-26(2)49(6)51(36(32)53)30-15-11-8-12-16-30;;/h2*7-16,27-28,54,56H,17-24H2,1-6H3;;. The van der Waals surface area contributed by atoms with Crippen molar-refractivity contribution in [1.29, 1.82) is 0 Å². The van der Waals surface area contributed by atoms with Gasteiger partial charge < -0.3 is 58.3 Å². The van der Waals surface area contributed by atoms with E-state index in [4.69, 9.17) is 37.9 Å². The van der Waals surface area contributed by atoms with Crippen molar-refractivity contribution >= 4 is 46.6 Å². The molecule has 4 spiro atoms. The summed E-state index contributed by atoms with van der Waals surface area (Å²) >= 11 is 0. The fraction of sp³-hybridized carbons (Fsp3) is 0.442. The van der Waals surface area contributed by atoms with E-state index in [9.17, 15) is 58.8 Å². The van der Waals surface area contributed by atoms with Crippen molar-refractivity contribution in [3.8, 4) is 22.7 Å². The van der Waals surface area contributed by atoms with E-state index in [2.05, 4.69) is 68.6 Å². The Labute approximate surface area is 730 Å². The second kappa shape index (κ2) is 34.7. The molecule has 4 N–H and O–H groups in total. The number of aromatic nitrogens is 8. The molecule has 8 heterocycles. The molecule has 0 atom stereocenters. The van der Waals surface area contributed by atoms with E-state index >= 15 is 0 Å². The van der Waals surface area contributed by atoms with Gasteiger partial charge in [0.15, 0.2) is 22.7 Å². The zero-order valence-electron chi connectivity index (χ0n) is 70.3. The van der Waals surface area contributed by atoms with E-state index in [1.807, 2.05) is 72.8 Å². The van der Waals surface area contributed by atoms with Gasteiger partial charge in [0.25, 0.3) is 68.2 Å². The van der Waals surface area contributed by atoms with Crippen molar-refractivity contribution < 1.29 is 110 Å². The smallest absolute Gasteiger partial charge is 0.369 e. The molecule has 4 aliphatic carbocycles. The van der Waals surface area contributed by atoms with Gasteiger partial charge in [0, 0.05) is 113 Å². The Kier molecular flexibility index (Phi) is 25.0. The SMILES string of the molecule is Cc1c(N=NC2=C(O)OC3(CCC(C(C)(C)C4CCC5(CC4)OC(=O)C(N=Nc4c(C)n(C)n(-c6ccccc6)c4=O)=C(O)O5)CC3)OC2=O)c(=O)n(-c2ccccc2)n1C.Cc1c(N=NC2=C(O)OC3(CCC(C(C)(C)C4CCC5(CC4)OC(=O)C(N=Nc4c(C)n(C)n(-c6ccccc6)c4=O)=C(O)O5)CC3)OC2=O)c(=O)n(-c2ccccc2)n1C.[Ni].[Ni]. The van der Waals surface area contributed by atoms with Crippen molar-refractivity contribution in [3.63, 3.8) is 0 Å².